The second kappa shape index (κ2) is 13.9. The normalized spacial score (nSPS) is 17.4. The number of imidazole rings is 1. The topological polar surface area (TPSA) is 126 Å². The Morgan fingerprint density at radius 1 is 0.894 bits per heavy atom. The maximum atomic E-state index is 12.6. The van der Waals surface area contributed by atoms with Crippen molar-refractivity contribution in [3.63, 3.8) is 0 Å². The van der Waals surface area contributed by atoms with Gasteiger partial charge < -0.3 is 14.8 Å². The van der Waals surface area contributed by atoms with Crippen molar-refractivity contribution >= 4 is 17.0 Å². The average Bonchev–Trinajstić information content (AvgIpc) is 3.74. The molecule has 2 N–H and O–H groups in total. The summed E-state index contributed by atoms with van der Waals surface area (Å²) in [4.78, 5) is 32.0. The van der Waals surface area contributed by atoms with Crippen molar-refractivity contribution in [2.75, 3.05) is 19.7 Å². The van der Waals surface area contributed by atoms with Crippen LogP contribution in [-0.2, 0) is 16.1 Å². The van der Waals surface area contributed by atoms with E-state index in [1.54, 1.807) is 0 Å². The van der Waals surface area contributed by atoms with Crippen molar-refractivity contribution in [1.29, 1.82) is 0 Å². The first kappa shape index (κ1) is 32.1. The van der Waals surface area contributed by atoms with Crippen LogP contribution in [0.3, 0.4) is 0 Å². The van der Waals surface area contributed by atoms with E-state index in [1.165, 1.54) is 5.56 Å². The number of halogens is 3. The van der Waals surface area contributed by atoms with Gasteiger partial charge in [0.2, 0.25) is 0 Å². The number of benzene rings is 3. The number of ether oxygens (including phenoxy) is 1. The summed E-state index contributed by atoms with van der Waals surface area (Å²) in [5.74, 6) is -2.10. The maximum absolute atomic E-state index is 12.6. The van der Waals surface area contributed by atoms with E-state index in [0.29, 0.717) is 5.82 Å². The number of fused-ring (bicyclic) bond motifs is 1. The molecule has 2 saturated heterocycles. The molecule has 244 valence electrons. The maximum Gasteiger partial charge on any atom is 0.490 e. The summed E-state index contributed by atoms with van der Waals surface area (Å²) in [5.41, 5.74) is 6.80. The summed E-state index contributed by atoms with van der Waals surface area (Å²) in [6.45, 7) is 3.53. The predicted molar refractivity (Wildman–Crippen MR) is 168 cm³/mol. The molecule has 5 aromatic rings. The molecule has 3 aromatic carbocycles. The number of piperidine rings is 1. The number of aromatic nitrogens is 5. The van der Waals surface area contributed by atoms with Crippen LogP contribution >= 0.6 is 0 Å². The molecule has 4 heterocycles. The van der Waals surface area contributed by atoms with Crippen LogP contribution in [0.1, 0.15) is 49.2 Å². The highest BCUT2D eigenvalue weighted by molar-refractivity contribution is 5.77. The summed E-state index contributed by atoms with van der Waals surface area (Å²) in [6.07, 6.45) is -1.30. The van der Waals surface area contributed by atoms with Gasteiger partial charge in [0, 0.05) is 43.4 Å². The number of alkyl halides is 3. The molecular weight excluding hydrogens is 613 g/mol. The Bertz CT molecular complexity index is 1880. The number of carboxylic acid groups (broad SMARTS) is 1. The highest BCUT2D eigenvalue weighted by Gasteiger charge is 2.38. The molecule has 7 rings (SSSR count). The molecule has 13 heteroatoms. The first-order chi connectivity index (χ1) is 22.7. The van der Waals surface area contributed by atoms with Crippen LogP contribution < -0.4 is 5.69 Å². The van der Waals surface area contributed by atoms with Gasteiger partial charge in [-0.15, -0.1) is 10.2 Å². The van der Waals surface area contributed by atoms with Crippen molar-refractivity contribution in [3.8, 4) is 22.5 Å². The lowest BCUT2D eigenvalue weighted by atomic mass is 10.0. The largest absolute Gasteiger partial charge is 0.490 e. The number of rotatable bonds is 6. The zero-order chi connectivity index (χ0) is 33.0. The van der Waals surface area contributed by atoms with Crippen molar-refractivity contribution in [1.82, 2.24) is 29.6 Å². The molecule has 47 heavy (non-hydrogen) atoms. The number of carbonyl (C=O) groups is 1. The molecule has 2 aromatic heterocycles. The monoisotopic (exact) mass is 646 g/mol. The molecule has 0 radical (unpaired) electrons. The number of para-hydroxylation sites is 2. The lowest BCUT2D eigenvalue weighted by Crippen LogP contribution is -2.36. The molecule has 0 bridgehead atoms. The molecule has 2 aliphatic rings. The first-order valence-electron chi connectivity index (χ1n) is 15.4. The van der Waals surface area contributed by atoms with E-state index in [1.807, 2.05) is 59.2 Å². The number of likely N-dealkylation sites (tertiary alicyclic amines) is 1. The number of H-pyrrole nitrogens is 1. The Morgan fingerprint density at radius 2 is 1.55 bits per heavy atom. The Hall–Kier alpha value is -4.88. The van der Waals surface area contributed by atoms with Crippen LogP contribution in [0, 0.1) is 0 Å². The third-order valence-corrected chi connectivity index (χ3v) is 8.39. The van der Waals surface area contributed by atoms with E-state index in [2.05, 4.69) is 44.3 Å². The number of hydrogen-bond donors (Lipinski definition) is 2. The van der Waals surface area contributed by atoms with Gasteiger partial charge in [-0.2, -0.15) is 13.2 Å². The van der Waals surface area contributed by atoms with Gasteiger partial charge in [0.25, 0.3) is 0 Å². The Labute approximate surface area is 267 Å². The molecule has 2 aliphatic heterocycles. The summed E-state index contributed by atoms with van der Waals surface area (Å²) < 4.78 is 39.5. The van der Waals surface area contributed by atoms with Gasteiger partial charge in [-0.3, -0.25) is 9.47 Å². The van der Waals surface area contributed by atoms with E-state index in [4.69, 9.17) is 19.6 Å². The highest BCUT2D eigenvalue weighted by atomic mass is 19.4. The molecule has 0 amide bonds. The fourth-order valence-corrected chi connectivity index (χ4v) is 6.05. The molecular formula is C34H33F3N6O4. The molecule has 0 spiro atoms. The van der Waals surface area contributed by atoms with E-state index in [-0.39, 0.29) is 17.8 Å². The number of aliphatic carboxylic acids is 1. The van der Waals surface area contributed by atoms with Crippen LogP contribution in [0.4, 0.5) is 13.2 Å². The summed E-state index contributed by atoms with van der Waals surface area (Å²) in [5, 5.41) is 16.2. The second-order valence-electron chi connectivity index (χ2n) is 11.6. The standard InChI is InChI=1S/C32H32N6O2.C2HF3O2/c39-32-33-26-9-4-5-10-27(26)38(32)25-16-18-37(19-17-25)21-22-12-14-24(15-13-22)29-30(23-7-2-1-3-8-23)35-36-31(34-29)28-11-6-20-40-28;3-2(4,5)1(6)7/h1-5,7-10,12-15,25,28H,6,11,16-21H2,(H,33,39);(H,6,7). The second-order valence-corrected chi connectivity index (χ2v) is 11.6. The zero-order valence-electron chi connectivity index (χ0n) is 25.4. The van der Waals surface area contributed by atoms with Gasteiger partial charge in [0.1, 0.15) is 17.5 Å². The van der Waals surface area contributed by atoms with E-state index < -0.39 is 12.1 Å². The van der Waals surface area contributed by atoms with Crippen molar-refractivity contribution in [3.05, 3.63) is 101 Å². The number of hydrogen-bond acceptors (Lipinski definition) is 7. The lowest BCUT2D eigenvalue weighted by Gasteiger charge is -2.32. The van der Waals surface area contributed by atoms with Gasteiger partial charge >= 0.3 is 17.8 Å². The van der Waals surface area contributed by atoms with Gasteiger partial charge in [-0.1, -0.05) is 66.7 Å². The Kier molecular flexibility index (Phi) is 9.45. The van der Waals surface area contributed by atoms with Crippen LogP contribution in [0.25, 0.3) is 33.5 Å². The third kappa shape index (κ3) is 7.42. The summed E-state index contributed by atoms with van der Waals surface area (Å²) >= 11 is 0. The smallest absolute Gasteiger partial charge is 0.475 e. The summed E-state index contributed by atoms with van der Waals surface area (Å²) in [6, 6.07) is 26.9. The Balaban J connectivity index is 0.000000499. The molecule has 0 aliphatic carbocycles. The fourth-order valence-electron chi connectivity index (χ4n) is 6.05. The number of nitrogens with zero attached hydrogens (tertiary/aromatic N) is 5. The molecule has 1 unspecified atom stereocenters. The molecule has 0 saturated carbocycles. The SMILES string of the molecule is O=C(O)C(F)(F)F.O=c1[nH]c2ccccc2n1C1CCN(Cc2ccc(-c3nc(C4CCCO4)nnc3-c3ccccc3)cc2)CC1. The van der Waals surface area contributed by atoms with Crippen molar-refractivity contribution in [2.24, 2.45) is 0 Å². The van der Waals surface area contributed by atoms with E-state index >= 15 is 0 Å². The third-order valence-electron chi connectivity index (χ3n) is 8.39. The Morgan fingerprint density at radius 3 is 2.21 bits per heavy atom. The van der Waals surface area contributed by atoms with Crippen molar-refractivity contribution < 1.29 is 27.8 Å². The lowest BCUT2D eigenvalue weighted by molar-refractivity contribution is -0.192. The number of nitrogens with one attached hydrogen (secondary N) is 1. The minimum atomic E-state index is -5.08. The molecule has 2 fully saturated rings. The molecule has 1 atom stereocenters. The zero-order valence-corrected chi connectivity index (χ0v) is 25.4. The first-order valence-corrected chi connectivity index (χ1v) is 15.4. The minimum absolute atomic E-state index is 0.00743. The van der Waals surface area contributed by atoms with Crippen LogP contribution in [0.15, 0.2) is 83.7 Å². The predicted octanol–water partition coefficient (Wildman–Crippen LogP) is 6.17. The fraction of sp³-hybridized carbons (Fsp3) is 0.324. The quantitative estimate of drug-likeness (QED) is 0.224. The van der Waals surface area contributed by atoms with Crippen LogP contribution in [0.2, 0.25) is 0 Å². The van der Waals surface area contributed by atoms with Crippen LogP contribution in [-0.4, -0.2) is 66.6 Å². The minimum Gasteiger partial charge on any atom is -0.475 e. The van der Waals surface area contributed by atoms with Gasteiger partial charge in [0.15, 0.2) is 5.82 Å². The number of aromatic amines is 1. The van der Waals surface area contributed by atoms with Gasteiger partial charge in [-0.05, 0) is 43.4 Å². The van der Waals surface area contributed by atoms with Crippen molar-refractivity contribution in [2.45, 2.75) is 50.6 Å². The van der Waals surface area contributed by atoms with Crippen LogP contribution in [0.5, 0.6) is 0 Å². The van der Waals surface area contributed by atoms with E-state index in [9.17, 15) is 18.0 Å². The number of carboxylic acids is 1. The van der Waals surface area contributed by atoms with Gasteiger partial charge in [0.05, 0.1) is 11.0 Å². The summed E-state index contributed by atoms with van der Waals surface area (Å²) in [7, 11) is 0. The molecule has 10 nitrogen and oxygen atoms in total. The van der Waals surface area contributed by atoms with E-state index in [0.717, 1.165) is 85.5 Å². The van der Waals surface area contributed by atoms with Gasteiger partial charge in [-0.25, -0.2) is 14.6 Å². The average molecular weight is 647 g/mol. The highest BCUT2D eigenvalue weighted by Crippen LogP contribution is 2.33.